The summed E-state index contributed by atoms with van der Waals surface area (Å²) in [4.78, 5) is 27.2. The Balaban J connectivity index is 2.05. The molecular weight excluding hydrogens is 444 g/mol. The van der Waals surface area contributed by atoms with E-state index in [1.54, 1.807) is 6.07 Å². The molecule has 0 fully saturated rings. The summed E-state index contributed by atoms with van der Waals surface area (Å²) in [5, 5.41) is 11.6. The summed E-state index contributed by atoms with van der Waals surface area (Å²) in [7, 11) is 0. The molecule has 1 heterocycles. The number of pyridine rings is 1. The molecule has 24 heavy (non-hydrogen) atoms. The van der Waals surface area contributed by atoms with Gasteiger partial charge in [-0.15, -0.1) is 0 Å². The number of aromatic nitrogens is 1. The molecule has 1 atom stereocenters. The van der Waals surface area contributed by atoms with Crippen LogP contribution in [0.3, 0.4) is 0 Å². The number of nitrogens with zero attached hydrogens (tertiary/aromatic N) is 1. The number of hydrogen-bond acceptors (Lipinski definition) is 4. The Labute approximate surface area is 155 Å². The standard InChI is InChI=1S/C16H14Br2N2O4/c17-11-6-12(18)15(19-8-11)13(7-14(21)22)20-16(23)24-9-10-4-2-1-3-5-10/h1-6,8,13H,7,9H2,(H,20,23)(H,21,22). The molecule has 2 N–H and O–H groups in total. The van der Waals surface area contributed by atoms with Crippen molar-refractivity contribution < 1.29 is 19.4 Å². The lowest BCUT2D eigenvalue weighted by molar-refractivity contribution is -0.137. The van der Waals surface area contributed by atoms with E-state index in [4.69, 9.17) is 9.84 Å². The molecule has 1 amide bonds. The zero-order valence-corrected chi connectivity index (χ0v) is 15.6. The quantitative estimate of drug-likeness (QED) is 0.683. The molecule has 0 radical (unpaired) electrons. The fraction of sp³-hybridized carbons (Fsp3) is 0.188. The summed E-state index contributed by atoms with van der Waals surface area (Å²) < 4.78 is 6.45. The fourth-order valence-corrected chi connectivity index (χ4v) is 3.24. The van der Waals surface area contributed by atoms with Gasteiger partial charge in [0.05, 0.1) is 18.2 Å². The van der Waals surface area contributed by atoms with E-state index in [2.05, 4.69) is 42.2 Å². The van der Waals surface area contributed by atoms with Crippen molar-refractivity contribution in [1.82, 2.24) is 10.3 Å². The Hall–Kier alpha value is -1.93. The van der Waals surface area contributed by atoms with Crippen molar-refractivity contribution in [2.45, 2.75) is 19.1 Å². The summed E-state index contributed by atoms with van der Waals surface area (Å²) in [6.07, 6.45) is 0.515. The van der Waals surface area contributed by atoms with E-state index in [0.717, 1.165) is 10.0 Å². The minimum absolute atomic E-state index is 0.0986. The molecule has 1 unspecified atom stereocenters. The molecule has 0 bridgehead atoms. The summed E-state index contributed by atoms with van der Waals surface area (Å²) in [5.74, 6) is -1.06. The molecular formula is C16H14Br2N2O4. The lowest BCUT2D eigenvalue weighted by Gasteiger charge is -2.18. The van der Waals surface area contributed by atoms with Gasteiger partial charge in [0.15, 0.2) is 0 Å². The lowest BCUT2D eigenvalue weighted by Crippen LogP contribution is -2.31. The van der Waals surface area contributed by atoms with Gasteiger partial charge in [0.1, 0.15) is 6.61 Å². The molecule has 0 saturated heterocycles. The number of benzene rings is 1. The molecule has 0 aliphatic heterocycles. The van der Waals surface area contributed by atoms with E-state index in [0.29, 0.717) is 10.2 Å². The number of carboxylic acids is 1. The Kier molecular flexibility index (Phi) is 6.74. The maximum atomic E-state index is 12.0. The summed E-state index contributed by atoms with van der Waals surface area (Å²) >= 11 is 6.60. The van der Waals surface area contributed by atoms with Crippen LogP contribution in [0.4, 0.5) is 4.79 Å². The van der Waals surface area contributed by atoms with E-state index in [9.17, 15) is 9.59 Å². The number of carboxylic acid groups (broad SMARTS) is 1. The van der Waals surface area contributed by atoms with Crippen LogP contribution in [0.15, 0.2) is 51.5 Å². The zero-order valence-electron chi connectivity index (χ0n) is 12.4. The van der Waals surface area contributed by atoms with Crippen molar-refractivity contribution in [3.63, 3.8) is 0 Å². The van der Waals surface area contributed by atoms with Crippen LogP contribution in [0.2, 0.25) is 0 Å². The van der Waals surface area contributed by atoms with Crippen molar-refractivity contribution >= 4 is 43.9 Å². The van der Waals surface area contributed by atoms with Gasteiger partial charge in [-0.25, -0.2) is 4.79 Å². The van der Waals surface area contributed by atoms with Gasteiger partial charge < -0.3 is 15.2 Å². The third-order valence-corrected chi connectivity index (χ3v) is 4.12. The molecule has 1 aromatic heterocycles. The van der Waals surface area contributed by atoms with Crippen molar-refractivity contribution in [2.24, 2.45) is 0 Å². The number of ether oxygens (including phenoxy) is 1. The van der Waals surface area contributed by atoms with Gasteiger partial charge in [-0.1, -0.05) is 30.3 Å². The summed E-state index contributed by atoms with van der Waals surface area (Å²) in [6.45, 7) is 0.0986. The van der Waals surface area contributed by atoms with Gasteiger partial charge in [-0.2, -0.15) is 0 Å². The van der Waals surface area contributed by atoms with E-state index < -0.39 is 18.1 Å². The van der Waals surface area contributed by atoms with Gasteiger partial charge in [-0.3, -0.25) is 9.78 Å². The molecule has 0 saturated carbocycles. The molecule has 0 aliphatic carbocycles. The number of halogens is 2. The molecule has 2 rings (SSSR count). The number of hydrogen-bond donors (Lipinski definition) is 2. The summed E-state index contributed by atoms with van der Waals surface area (Å²) in [6, 6.07) is 10.1. The topological polar surface area (TPSA) is 88.5 Å². The van der Waals surface area contributed by atoms with E-state index in [1.807, 2.05) is 30.3 Å². The highest BCUT2D eigenvalue weighted by Gasteiger charge is 2.22. The Morgan fingerprint density at radius 1 is 1.25 bits per heavy atom. The third-order valence-electron chi connectivity index (χ3n) is 3.05. The van der Waals surface area contributed by atoms with Crippen molar-refractivity contribution in [3.05, 3.63) is 62.8 Å². The Morgan fingerprint density at radius 2 is 1.96 bits per heavy atom. The Bertz CT molecular complexity index is 725. The second-order valence-electron chi connectivity index (χ2n) is 4.88. The number of amides is 1. The van der Waals surface area contributed by atoms with Crippen molar-refractivity contribution in [3.8, 4) is 0 Å². The Morgan fingerprint density at radius 3 is 2.58 bits per heavy atom. The number of carbonyl (C=O) groups is 2. The van der Waals surface area contributed by atoms with Crippen molar-refractivity contribution in [1.29, 1.82) is 0 Å². The normalized spacial score (nSPS) is 11.6. The molecule has 1 aromatic carbocycles. The molecule has 2 aromatic rings. The number of aliphatic carboxylic acids is 1. The molecule has 0 spiro atoms. The smallest absolute Gasteiger partial charge is 0.408 e. The van der Waals surface area contributed by atoms with Gasteiger partial charge in [-0.05, 0) is 43.5 Å². The van der Waals surface area contributed by atoms with Crippen LogP contribution in [0, 0.1) is 0 Å². The van der Waals surface area contributed by atoms with Crippen LogP contribution in [0.5, 0.6) is 0 Å². The van der Waals surface area contributed by atoms with Crippen molar-refractivity contribution in [2.75, 3.05) is 0 Å². The minimum atomic E-state index is -1.06. The second kappa shape index (κ2) is 8.79. The van der Waals surface area contributed by atoms with Crippen LogP contribution < -0.4 is 5.32 Å². The average molecular weight is 458 g/mol. The lowest BCUT2D eigenvalue weighted by atomic mass is 10.1. The number of nitrogens with one attached hydrogen (secondary N) is 1. The van der Waals surface area contributed by atoms with E-state index in [-0.39, 0.29) is 13.0 Å². The number of rotatable bonds is 6. The molecule has 8 heteroatoms. The predicted molar refractivity (Wildman–Crippen MR) is 94.4 cm³/mol. The van der Waals surface area contributed by atoms with E-state index in [1.165, 1.54) is 6.20 Å². The number of carbonyl (C=O) groups excluding carboxylic acids is 1. The highest BCUT2D eigenvalue weighted by atomic mass is 79.9. The molecule has 6 nitrogen and oxygen atoms in total. The van der Waals surface area contributed by atoms with Gasteiger partial charge >= 0.3 is 12.1 Å². The van der Waals surface area contributed by atoms with Gasteiger partial charge in [0.2, 0.25) is 0 Å². The SMILES string of the molecule is O=C(O)CC(NC(=O)OCc1ccccc1)c1ncc(Br)cc1Br. The highest BCUT2D eigenvalue weighted by molar-refractivity contribution is 9.11. The predicted octanol–water partition coefficient (Wildman–Crippen LogP) is 4.05. The number of alkyl carbamates (subject to hydrolysis) is 1. The second-order valence-corrected chi connectivity index (χ2v) is 6.65. The average Bonchev–Trinajstić information content (AvgIpc) is 2.53. The fourth-order valence-electron chi connectivity index (χ4n) is 1.98. The molecule has 0 aliphatic rings. The maximum absolute atomic E-state index is 12.0. The first-order chi connectivity index (χ1) is 11.5. The van der Waals surface area contributed by atoms with Gasteiger partial charge in [0.25, 0.3) is 0 Å². The largest absolute Gasteiger partial charge is 0.481 e. The van der Waals surface area contributed by atoms with Crippen LogP contribution >= 0.6 is 31.9 Å². The monoisotopic (exact) mass is 456 g/mol. The van der Waals surface area contributed by atoms with Crippen LogP contribution in [0.25, 0.3) is 0 Å². The van der Waals surface area contributed by atoms with Gasteiger partial charge in [0, 0.05) is 15.1 Å². The first-order valence-electron chi connectivity index (χ1n) is 6.95. The molecule has 126 valence electrons. The first-order valence-corrected chi connectivity index (χ1v) is 8.54. The van der Waals surface area contributed by atoms with Crippen LogP contribution in [0.1, 0.15) is 23.7 Å². The maximum Gasteiger partial charge on any atom is 0.408 e. The highest BCUT2D eigenvalue weighted by Crippen LogP contribution is 2.26. The zero-order chi connectivity index (χ0) is 17.5. The third kappa shape index (κ3) is 5.61. The minimum Gasteiger partial charge on any atom is -0.481 e. The summed E-state index contributed by atoms with van der Waals surface area (Å²) in [5.41, 5.74) is 1.25. The van der Waals surface area contributed by atoms with E-state index >= 15 is 0 Å². The van der Waals surface area contributed by atoms with Crippen LogP contribution in [-0.2, 0) is 16.1 Å². The first kappa shape index (κ1) is 18.4. The van der Waals surface area contributed by atoms with Crippen LogP contribution in [-0.4, -0.2) is 22.2 Å².